The maximum absolute atomic E-state index is 12.8. The Morgan fingerprint density at radius 1 is 0.865 bits per heavy atom. The molecule has 37 heavy (non-hydrogen) atoms. The van der Waals surface area contributed by atoms with Crippen LogP contribution in [0, 0.1) is 0 Å². The Labute approximate surface area is 212 Å². The van der Waals surface area contributed by atoms with Gasteiger partial charge in [0.15, 0.2) is 0 Å². The Bertz CT molecular complexity index is 1390. The van der Waals surface area contributed by atoms with Gasteiger partial charge in [-0.3, -0.25) is 9.78 Å². The van der Waals surface area contributed by atoms with Gasteiger partial charge in [-0.05, 0) is 30.3 Å². The maximum atomic E-state index is 12.8. The topological polar surface area (TPSA) is 136 Å². The van der Waals surface area contributed by atoms with Gasteiger partial charge < -0.3 is 25.5 Å². The minimum absolute atomic E-state index is 0.241. The average Bonchev–Trinajstić information content (AvgIpc) is 2.94. The molecular formula is C26H24N8O3. The summed E-state index contributed by atoms with van der Waals surface area (Å²) in [5.74, 6) is 1.48. The van der Waals surface area contributed by atoms with Gasteiger partial charge in [0.25, 0.3) is 5.91 Å². The molecule has 2 amide bonds. The third-order valence-corrected chi connectivity index (χ3v) is 5.85. The fraction of sp³-hybridized carbons (Fsp3) is 0.154. The summed E-state index contributed by atoms with van der Waals surface area (Å²) < 4.78 is 0. The van der Waals surface area contributed by atoms with Gasteiger partial charge in [-0.1, -0.05) is 18.2 Å². The molecule has 0 spiro atoms. The molecule has 1 aliphatic heterocycles. The summed E-state index contributed by atoms with van der Waals surface area (Å²) in [6.07, 6.45) is 5.51. The van der Waals surface area contributed by atoms with Gasteiger partial charge in [-0.2, -0.15) is 0 Å². The number of hydrogen-bond donors (Lipinski definition) is 3. The predicted octanol–water partition coefficient (Wildman–Crippen LogP) is 3.73. The van der Waals surface area contributed by atoms with Gasteiger partial charge in [0, 0.05) is 67.7 Å². The van der Waals surface area contributed by atoms with E-state index in [0.717, 1.165) is 11.4 Å². The van der Waals surface area contributed by atoms with E-state index in [1.807, 2.05) is 35.2 Å². The Morgan fingerprint density at radius 2 is 1.68 bits per heavy atom. The van der Waals surface area contributed by atoms with E-state index < -0.39 is 6.09 Å². The molecule has 11 nitrogen and oxygen atoms in total. The second-order valence-electron chi connectivity index (χ2n) is 8.32. The Kier molecular flexibility index (Phi) is 6.84. The molecule has 1 fully saturated rings. The van der Waals surface area contributed by atoms with E-state index in [1.165, 1.54) is 4.90 Å². The van der Waals surface area contributed by atoms with Crippen molar-refractivity contribution < 1.29 is 14.7 Å². The first kappa shape index (κ1) is 23.7. The van der Waals surface area contributed by atoms with Crippen molar-refractivity contribution in [1.29, 1.82) is 0 Å². The number of aromatic nitrogens is 4. The van der Waals surface area contributed by atoms with Crippen molar-refractivity contribution in [2.45, 2.75) is 0 Å². The van der Waals surface area contributed by atoms with Crippen LogP contribution in [0.2, 0.25) is 0 Å². The third kappa shape index (κ3) is 5.78. The fourth-order valence-electron chi connectivity index (χ4n) is 3.98. The van der Waals surface area contributed by atoms with E-state index in [2.05, 4.69) is 25.6 Å². The van der Waals surface area contributed by atoms with Crippen LogP contribution in [0.4, 0.5) is 27.9 Å². The Balaban J connectivity index is 1.44. The van der Waals surface area contributed by atoms with Crippen LogP contribution in [0.5, 0.6) is 0 Å². The van der Waals surface area contributed by atoms with Crippen molar-refractivity contribution in [2.24, 2.45) is 0 Å². The minimum atomic E-state index is -0.914. The van der Waals surface area contributed by atoms with E-state index in [4.69, 9.17) is 4.98 Å². The molecule has 186 valence electrons. The van der Waals surface area contributed by atoms with Crippen molar-refractivity contribution in [1.82, 2.24) is 24.8 Å². The lowest BCUT2D eigenvalue weighted by molar-refractivity contribution is 0.102. The molecule has 1 saturated heterocycles. The summed E-state index contributed by atoms with van der Waals surface area (Å²) in [6, 6.07) is 16.2. The van der Waals surface area contributed by atoms with E-state index in [9.17, 15) is 14.7 Å². The van der Waals surface area contributed by atoms with Crippen LogP contribution in [-0.4, -0.2) is 68.1 Å². The number of rotatable bonds is 6. The standard InChI is InChI=1S/C26H24N8O3/c35-25(18-4-2-1-3-5-18)30-20-15-21(31-22(16-20)32-23-17-27-8-9-28-23)19-6-7-29-24(14-19)33-10-12-34(13-11-33)26(36)37/h1-9,14-17H,10-13H2,(H,36,37)(H2,28,30,31,32,35). The minimum Gasteiger partial charge on any atom is -0.465 e. The zero-order chi connectivity index (χ0) is 25.6. The van der Waals surface area contributed by atoms with Crippen molar-refractivity contribution in [2.75, 3.05) is 41.7 Å². The van der Waals surface area contributed by atoms with Crippen molar-refractivity contribution in [3.63, 3.8) is 0 Å². The lowest BCUT2D eigenvalue weighted by Gasteiger charge is -2.33. The summed E-state index contributed by atoms with van der Waals surface area (Å²) in [5, 5.41) is 15.3. The summed E-state index contributed by atoms with van der Waals surface area (Å²) in [5.41, 5.74) is 2.50. The number of pyridine rings is 2. The number of carbonyl (C=O) groups is 2. The number of carbonyl (C=O) groups excluding carboxylic acids is 1. The molecule has 3 N–H and O–H groups in total. The van der Waals surface area contributed by atoms with Crippen LogP contribution in [0.15, 0.2) is 79.4 Å². The second kappa shape index (κ2) is 10.7. The van der Waals surface area contributed by atoms with Gasteiger partial charge in [-0.15, -0.1) is 0 Å². The second-order valence-corrected chi connectivity index (χ2v) is 8.32. The first-order valence-electron chi connectivity index (χ1n) is 11.7. The highest BCUT2D eigenvalue weighted by Crippen LogP contribution is 2.28. The molecule has 0 radical (unpaired) electrons. The summed E-state index contributed by atoms with van der Waals surface area (Å²) >= 11 is 0. The highest BCUT2D eigenvalue weighted by Gasteiger charge is 2.21. The zero-order valence-corrected chi connectivity index (χ0v) is 19.8. The summed E-state index contributed by atoms with van der Waals surface area (Å²) in [4.78, 5) is 45.1. The molecule has 0 saturated carbocycles. The first-order chi connectivity index (χ1) is 18.0. The quantitative estimate of drug-likeness (QED) is 0.365. The number of carboxylic acid groups (broad SMARTS) is 1. The lowest BCUT2D eigenvalue weighted by atomic mass is 10.1. The molecule has 0 atom stereocenters. The normalized spacial score (nSPS) is 13.2. The molecule has 1 aromatic carbocycles. The van der Waals surface area contributed by atoms with Gasteiger partial charge in [-0.25, -0.2) is 19.7 Å². The number of hydrogen-bond acceptors (Lipinski definition) is 8. The number of anilines is 4. The van der Waals surface area contributed by atoms with Crippen LogP contribution in [0.1, 0.15) is 10.4 Å². The first-order valence-corrected chi connectivity index (χ1v) is 11.7. The monoisotopic (exact) mass is 496 g/mol. The van der Waals surface area contributed by atoms with Gasteiger partial charge in [0.1, 0.15) is 17.5 Å². The Morgan fingerprint density at radius 3 is 2.41 bits per heavy atom. The van der Waals surface area contributed by atoms with Gasteiger partial charge in [0.2, 0.25) is 0 Å². The summed E-state index contributed by atoms with van der Waals surface area (Å²) in [7, 11) is 0. The van der Waals surface area contributed by atoms with Crippen LogP contribution < -0.4 is 15.5 Å². The number of amides is 2. The maximum Gasteiger partial charge on any atom is 0.407 e. The molecule has 11 heteroatoms. The van der Waals surface area contributed by atoms with Gasteiger partial charge >= 0.3 is 6.09 Å². The molecule has 4 aromatic rings. The highest BCUT2D eigenvalue weighted by molar-refractivity contribution is 6.04. The molecule has 3 aromatic heterocycles. The smallest absolute Gasteiger partial charge is 0.407 e. The SMILES string of the molecule is O=C(Nc1cc(Nc2cnccn2)nc(-c2ccnc(N3CCN(C(=O)O)CC3)c2)c1)c1ccccc1. The van der Waals surface area contributed by atoms with Crippen molar-refractivity contribution in [3.05, 3.63) is 84.9 Å². The van der Waals surface area contributed by atoms with E-state index in [0.29, 0.717) is 54.8 Å². The van der Waals surface area contributed by atoms with Crippen LogP contribution in [0.25, 0.3) is 11.3 Å². The number of nitrogens with zero attached hydrogens (tertiary/aromatic N) is 6. The molecule has 4 heterocycles. The molecule has 1 aliphatic rings. The fourth-order valence-corrected chi connectivity index (χ4v) is 3.98. The number of piperazine rings is 1. The summed E-state index contributed by atoms with van der Waals surface area (Å²) in [6.45, 7) is 1.91. The van der Waals surface area contributed by atoms with E-state index in [1.54, 1.807) is 49.1 Å². The zero-order valence-electron chi connectivity index (χ0n) is 19.8. The highest BCUT2D eigenvalue weighted by atomic mass is 16.4. The Hall–Kier alpha value is -5.06. The predicted molar refractivity (Wildman–Crippen MR) is 139 cm³/mol. The van der Waals surface area contributed by atoms with Gasteiger partial charge in [0.05, 0.1) is 11.9 Å². The third-order valence-electron chi connectivity index (χ3n) is 5.85. The molecular weight excluding hydrogens is 472 g/mol. The van der Waals surface area contributed by atoms with Crippen LogP contribution in [-0.2, 0) is 0 Å². The molecule has 0 bridgehead atoms. The van der Waals surface area contributed by atoms with Crippen molar-refractivity contribution in [3.8, 4) is 11.3 Å². The molecule has 0 aliphatic carbocycles. The van der Waals surface area contributed by atoms with Crippen LogP contribution in [0.3, 0.4) is 0 Å². The number of benzene rings is 1. The molecule has 5 rings (SSSR count). The molecule has 0 unspecified atom stereocenters. The van der Waals surface area contributed by atoms with Crippen LogP contribution >= 0.6 is 0 Å². The van der Waals surface area contributed by atoms with E-state index in [-0.39, 0.29) is 5.91 Å². The van der Waals surface area contributed by atoms with Crippen molar-refractivity contribution >= 4 is 35.1 Å². The largest absolute Gasteiger partial charge is 0.465 e. The average molecular weight is 497 g/mol. The number of nitrogens with one attached hydrogen (secondary N) is 2. The van der Waals surface area contributed by atoms with E-state index >= 15 is 0 Å². The lowest BCUT2D eigenvalue weighted by Crippen LogP contribution is -2.48.